The minimum absolute atomic E-state index is 0.462. The Balaban J connectivity index is 2.28. The van der Waals surface area contributed by atoms with Gasteiger partial charge in [-0.05, 0) is 0 Å². The van der Waals surface area contributed by atoms with Gasteiger partial charge in [0.05, 0.1) is 0 Å². The fourth-order valence-electron chi connectivity index (χ4n) is 5.32. The normalized spacial score (nSPS) is 22.2. The van der Waals surface area contributed by atoms with Crippen LogP contribution in [0, 0.1) is 5.92 Å². The molecule has 167 valence electrons. The summed E-state index contributed by atoms with van der Waals surface area (Å²) >= 11 is -3.98. The van der Waals surface area contributed by atoms with E-state index < -0.39 is 49.1 Å². The molecule has 0 aromatic carbocycles. The quantitative estimate of drug-likeness (QED) is 0.256. The number of hydrogen-bond donors (Lipinski definition) is 0. The van der Waals surface area contributed by atoms with Gasteiger partial charge in [-0.2, -0.15) is 0 Å². The van der Waals surface area contributed by atoms with Crippen LogP contribution in [0.4, 0.5) is 0 Å². The van der Waals surface area contributed by atoms with Crippen molar-refractivity contribution in [2.24, 2.45) is 5.92 Å². The summed E-state index contributed by atoms with van der Waals surface area (Å²) in [5.41, 5.74) is 7.34. The number of rotatable bonds is 4. The Hall–Kier alpha value is 0.737. The van der Waals surface area contributed by atoms with Crippen LogP contribution >= 0.6 is 17.2 Å². The zero-order chi connectivity index (χ0) is 23.5. The zero-order valence-corrected chi connectivity index (χ0v) is 30.1. The molecule has 0 bridgehead atoms. The van der Waals surface area contributed by atoms with Gasteiger partial charge in [-0.15, -0.1) is 0 Å². The molecule has 1 atom stereocenters. The summed E-state index contributed by atoms with van der Waals surface area (Å²) in [7, 11) is 10.8. The van der Waals surface area contributed by atoms with Crippen LogP contribution in [0.2, 0.25) is 50.8 Å². The van der Waals surface area contributed by atoms with Crippen LogP contribution in [0.1, 0.15) is 20.3 Å². The fourth-order valence-corrected chi connectivity index (χ4v) is 20.8. The van der Waals surface area contributed by atoms with Crippen LogP contribution in [0.5, 0.6) is 0 Å². The van der Waals surface area contributed by atoms with Crippen LogP contribution in [0.25, 0.3) is 0 Å². The van der Waals surface area contributed by atoms with Crippen LogP contribution in [0.15, 0.2) is 65.9 Å². The number of fused-ring (bicyclic) bond motifs is 1. The third kappa shape index (κ3) is 5.07. The molecule has 1 unspecified atom stereocenters. The first-order valence-electron chi connectivity index (χ1n) is 11.3. The molecule has 3 aliphatic rings. The molecule has 0 heterocycles. The maximum absolute atomic E-state index is 6.79. The molecule has 3 aliphatic carbocycles. The average molecular weight is 716 g/mol. The van der Waals surface area contributed by atoms with Crippen molar-refractivity contribution in [1.29, 1.82) is 0 Å². The van der Waals surface area contributed by atoms with Gasteiger partial charge in [-0.25, -0.2) is 0 Å². The van der Waals surface area contributed by atoms with E-state index in [2.05, 4.69) is 88.9 Å². The van der Waals surface area contributed by atoms with E-state index in [4.69, 9.17) is 17.2 Å². The molecule has 0 amide bonds. The first-order chi connectivity index (χ1) is 14.2. The molecule has 0 aliphatic heterocycles. The second-order valence-electron chi connectivity index (χ2n) is 11.4. The van der Waals surface area contributed by atoms with Crippen LogP contribution < -0.4 is 0 Å². The first-order valence-corrected chi connectivity index (χ1v) is 34.3. The number of halogens is 2. The van der Waals surface area contributed by atoms with Crippen molar-refractivity contribution in [3.63, 3.8) is 0 Å². The van der Waals surface area contributed by atoms with Crippen molar-refractivity contribution in [2.45, 2.75) is 71.1 Å². The summed E-state index contributed by atoms with van der Waals surface area (Å²) in [5.74, 6) is 5.42. The predicted molar refractivity (Wildman–Crippen MR) is 147 cm³/mol. The molecule has 0 saturated heterocycles. The third-order valence-corrected chi connectivity index (χ3v) is 21.8. The van der Waals surface area contributed by atoms with Crippen molar-refractivity contribution in [1.82, 2.24) is 0 Å². The Morgan fingerprint density at radius 2 is 1.65 bits per heavy atom. The van der Waals surface area contributed by atoms with Gasteiger partial charge in [0.15, 0.2) is 0 Å². The molecule has 0 aromatic heterocycles. The average Bonchev–Trinajstić information content (AvgIpc) is 3.12. The van der Waals surface area contributed by atoms with Crippen LogP contribution in [0.3, 0.4) is 0 Å². The third-order valence-electron chi connectivity index (χ3n) is 6.83. The Labute approximate surface area is 211 Å². The van der Waals surface area contributed by atoms with Gasteiger partial charge in [0, 0.05) is 0 Å². The Morgan fingerprint density at radius 1 is 1.03 bits per heavy atom. The Morgan fingerprint density at radius 3 is 2.10 bits per heavy atom. The maximum atomic E-state index is 6.79. The molecule has 0 radical (unpaired) electrons. The fraction of sp³-hybridized carbons (Fsp3) is 0.480. The molecular formula is C25H37Cl2GeHfSi2. The van der Waals surface area contributed by atoms with Gasteiger partial charge in [0.1, 0.15) is 0 Å². The van der Waals surface area contributed by atoms with E-state index in [0.29, 0.717) is 5.92 Å². The number of hydrogen-bond acceptors (Lipinski definition) is 0. The summed E-state index contributed by atoms with van der Waals surface area (Å²) in [6.07, 6.45) is 10.7. The Bertz CT molecular complexity index is 1030. The van der Waals surface area contributed by atoms with Gasteiger partial charge in [0.25, 0.3) is 0 Å². The van der Waals surface area contributed by atoms with Crippen molar-refractivity contribution >= 4 is 51.6 Å². The van der Waals surface area contributed by atoms with E-state index in [-0.39, 0.29) is 0 Å². The van der Waals surface area contributed by atoms with E-state index in [1.54, 1.807) is 20.3 Å². The predicted octanol–water partition coefficient (Wildman–Crippen LogP) is 8.52. The van der Waals surface area contributed by atoms with Crippen molar-refractivity contribution in [3.8, 4) is 0 Å². The molecule has 0 spiro atoms. The SMILES string of the molecule is CC1=[C]([Hf]([Cl])[Cl])C2=CC=C[C](=[Ge]([CH3])[CH3])C(C)C2=C1C1=CC([Si](C)(C)C)=C([Si](C)(C)C)C1. The molecule has 0 fully saturated rings. The van der Waals surface area contributed by atoms with Gasteiger partial charge >= 0.3 is 214 Å². The van der Waals surface area contributed by atoms with E-state index in [0.717, 1.165) is 6.42 Å². The molecule has 6 heteroatoms. The van der Waals surface area contributed by atoms with E-state index >= 15 is 0 Å². The van der Waals surface area contributed by atoms with Crippen molar-refractivity contribution < 1.29 is 19.1 Å². The Kier molecular flexibility index (Phi) is 8.00. The van der Waals surface area contributed by atoms with Gasteiger partial charge < -0.3 is 0 Å². The van der Waals surface area contributed by atoms with Gasteiger partial charge in [-0.3, -0.25) is 0 Å². The molecule has 31 heavy (non-hydrogen) atoms. The monoisotopic (exact) mass is 717 g/mol. The molecule has 3 rings (SSSR count). The summed E-state index contributed by atoms with van der Waals surface area (Å²) in [6, 6.07) is 0. The van der Waals surface area contributed by atoms with Crippen LogP contribution in [-0.4, -0.2) is 34.4 Å². The standard InChI is InChI=1S/C25H37GeSi2.2ClH.Hf/c1-17-14-19-12-11-13-21(26(3)4)18(2)25(19)24(17)20-15-22(27(5,6)7)23(16-20)28(8,9)10;;;/h11-13,15,18H,16H2,1-10H3;2*1H;/q;;;+2/p-2. The molecule has 0 nitrogen and oxygen atoms in total. The summed E-state index contributed by atoms with van der Waals surface area (Å²) in [6.45, 7) is 19.8. The second kappa shape index (κ2) is 9.41. The zero-order valence-electron chi connectivity index (χ0n) is 20.8. The van der Waals surface area contributed by atoms with Crippen molar-refractivity contribution in [3.05, 3.63) is 65.9 Å². The minimum atomic E-state index is -2.78. The molecule has 0 saturated carbocycles. The van der Waals surface area contributed by atoms with Crippen molar-refractivity contribution in [2.75, 3.05) is 0 Å². The number of allylic oxidation sites excluding steroid dienone is 12. The van der Waals surface area contributed by atoms with E-state index in [9.17, 15) is 0 Å². The summed E-state index contributed by atoms with van der Waals surface area (Å²) < 4.78 is 3.01. The summed E-state index contributed by atoms with van der Waals surface area (Å²) in [4.78, 5) is 0. The second-order valence-corrected chi connectivity index (χ2v) is 38.4. The molecular weight excluding hydrogens is 678 g/mol. The van der Waals surface area contributed by atoms with Crippen LogP contribution in [-0.2, 0) is 19.1 Å². The van der Waals surface area contributed by atoms with Gasteiger partial charge in [0.2, 0.25) is 0 Å². The van der Waals surface area contributed by atoms with E-state index in [1.165, 1.54) is 25.6 Å². The topological polar surface area (TPSA) is 0 Å². The molecule has 0 aromatic rings. The van der Waals surface area contributed by atoms with E-state index in [1.807, 2.05) is 0 Å². The molecule has 0 N–H and O–H groups in total. The van der Waals surface area contributed by atoms with Gasteiger partial charge in [-0.1, -0.05) is 0 Å². The first kappa shape index (κ1) is 26.3. The summed E-state index contributed by atoms with van der Waals surface area (Å²) in [5, 5.41) is 3.49.